The van der Waals surface area contributed by atoms with Crippen LogP contribution in [0.15, 0.2) is 176 Å². The summed E-state index contributed by atoms with van der Waals surface area (Å²) in [4.78, 5) is 20.5. The predicted octanol–water partition coefficient (Wildman–Crippen LogP) is 12.1. The number of benzene rings is 6. The lowest BCUT2D eigenvalue weighted by atomic mass is 9.98. The molecule has 9 rings (SSSR count). The van der Waals surface area contributed by atoms with E-state index in [2.05, 4.69) is 159 Å². The Bertz CT molecular complexity index is 2670. The van der Waals surface area contributed by atoms with Crippen LogP contribution in [0.3, 0.4) is 0 Å². The fourth-order valence-electron chi connectivity index (χ4n) is 6.86. The standard InChI is InChI=1S/C48H34N4/c1-2-40-30-42(34-14-8-4-9-15-34)41-28-26-38-27-29-43(50-46(38)47(41)49-40)36-20-22-37(23-21-36)45-31-44(35-16-10-5-11-17-35)51-48(52-45)39-24-18-33(19-25-39)32-12-6-3-7-13-32/h3-31H,2H2,1H3. The molecule has 0 unspecified atom stereocenters. The van der Waals surface area contributed by atoms with Gasteiger partial charge in [0.2, 0.25) is 0 Å². The molecule has 0 atom stereocenters. The highest BCUT2D eigenvalue weighted by atomic mass is 14.9. The van der Waals surface area contributed by atoms with Gasteiger partial charge in [0.25, 0.3) is 0 Å². The second-order valence-electron chi connectivity index (χ2n) is 13.0. The summed E-state index contributed by atoms with van der Waals surface area (Å²) >= 11 is 0. The van der Waals surface area contributed by atoms with Gasteiger partial charge in [-0.15, -0.1) is 0 Å². The third kappa shape index (κ3) is 6.01. The van der Waals surface area contributed by atoms with E-state index < -0.39 is 0 Å². The molecule has 4 nitrogen and oxygen atoms in total. The Balaban J connectivity index is 1.10. The van der Waals surface area contributed by atoms with E-state index >= 15 is 0 Å². The molecule has 0 saturated carbocycles. The van der Waals surface area contributed by atoms with Gasteiger partial charge in [0.1, 0.15) is 0 Å². The van der Waals surface area contributed by atoms with Gasteiger partial charge in [-0.3, -0.25) is 4.98 Å². The molecule has 4 heteroatoms. The number of aryl methyl sites for hydroxylation is 1. The van der Waals surface area contributed by atoms with Crippen molar-refractivity contribution in [2.75, 3.05) is 0 Å². The van der Waals surface area contributed by atoms with Gasteiger partial charge in [-0.05, 0) is 46.9 Å². The maximum absolute atomic E-state index is 5.23. The summed E-state index contributed by atoms with van der Waals surface area (Å²) in [6, 6.07) is 61.1. The largest absolute Gasteiger partial charge is 0.251 e. The highest BCUT2D eigenvalue weighted by Gasteiger charge is 2.14. The molecule has 52 heavy (non-hydrogen) atoms. The van der Waals surface area contributed by atoms with Crippen molar-refractivity contribution in [3.8, 4) is 67.4 Å². The Morgan fingerprint density at radius 1 is 0.365 bits per heavy atom. The lowest BCUT2D eigenvalue weighted by molar-refractivity contribution is 1.06. The van der Waals surface area contributed by atoms with E-state index in [1.165, 1.54) is 16.7 Å². The molecular formula is C48H34N4. The van der Waals surface area contributed by atoms with Crippen LogP contribution < -0.4 is 0 Å². The van der Waals surface area contributed by atoms with Gasteiger partial charge < -0.3 is 0 Å². The third-order valence-corrected chi connectivity index (χ3v) is 9.66. The van der Waals surface area contributed by atoms with E-state index in [0.29, 0.717) is 5.82 Å². The first-order chi connectivity index (χ1) is 25.7. The lowest BCUT2D eigenvalue weighted by Crippen LogP contribution is -1.96. The zero-order chi connectivity index (χ0) is 34.9. The normalized spacial score (nSPS) is 11.2. The van der Waals surface area contributed by atoms with Crippen LogP contribution >= 0.6 is 0 Å². The topological polar surface area (TPSA) is 51.6 Å². The molecule has 0 aliphatic rings. The number of rotatable bonds is 7. The van der Waals surface area contributed by atoms with Crippen molar-refractivity contribution < 1.29 is 0 Å². The molecule has 246 valence electrons. The van der Waals surface area contributed by atoms with E-state index in [0.717, 1.165) is 78.8 Å². The minimum absolute atomic E-state index is 0.692. The average molecular weight is 667 g/mol. The summed E-state index contributed by atoms with van der Waals surface area (Å²) in [6.45, 7) is 2.15. The molecule has 3 heterocycles. The fraction of sp³-hybridized carbons (Fsp3) is 0.0417. The number of aromatic nitrogens is 4. The first kappa shape index (κ1) is 31.2. The Kier molecular flexibility index (Phi) is 8.11. The lowest BCUT2D eigenvalue weighted by Gasteiger charge is -2.12. The van der Waals surface area contributed by atoms with Gasteiger partial charge in [-0.25, -0.2) is 15.0 Å². The van der Waals surface area contributed by atoms with Crippen LogP contribution in [0.5, 0.6) is 0 Å². The summed E-state index contributed by atoms with van der Waals surface area (Å²) < 4.78 is 0. The fourth-order valence-corrected chi connectivity index (χ4v) is 6.86. The molecule has 0 N–H and O–H groups in total. The second-order valence-corrected chi connectivity index (χ2v) is 13.0. The van der Waals surface area contributed by atoms with Crippen molar-refractivity contribution >= 4 is 21.8 Å². The molecule has 0 amide bonds. The minimum atomic E-state index is 0.692. The second kappa shape index (κ2) is 13.5. The Morgan fingerprint density at radius 2 is 0.865 bits per heavy atom. The number of pyridine rings is 2. The molecule has 0 bridgehead atoms. The summed E-state index contributed by atoms with van der Waals surface area (Å²) in [7, 11) is 0. The van der Waals surface area contributed by atoms with Gasteiger partial charge in [0.15, 0.2) is 5.82 Å². The molecule has 9 aromatic rings. The number of fused-ring (bicyclic) bond motifs is 3. The van der Waals surface area contributed by atoms with Crippen LogP contribution in [0.2, 0.25) is 0 Å². The monoisotopic (exact) mass is 666 g/mol. The molecule has 6 aromatic carbocycles. The first-order valence-corrected chi connectivity index (χ1v) is 17.7. The van der Waals surface area contributed by atoms with Gasteiger partial charge in [-0.2, -0.15) is 0 Å². The molecule has 0 radical (unpaired) electrons. The highest BCUT2D eigenvalue weighted by Crippen LogP contribution is 2.35. The molecule has 0 aliphatic carbocycles. The highest BCUT2D eigenvalue weighted by molar-refractivity contribution is 6.08. The summed E-state index contributed by atoms with van der Waals surface area (Å²) in [5, 5.41) is 2.19. The molecule has 0 saturated heterocycles. The van der Waals surface area contributed by atoms with Crippen LogP contribution in [0.25, 0.3) is 89.2 Å². The zero-order valence-electron chi connectivity index (χ0n) is 28.7. The summed E-state index contributed by atoms with van der Waals surface area (Å²) in [5.41, 5.74) is 14.3. The van der Waals surface area contributed by atoms with Crippen LogP contribution in [0.1, 0.15) is 12.6 Å². The molecular weight excluding hydrogens is 633 g/mol. The maximum atomic E-state index is 5.23. The van der Waals surface area contributed by atoms with Crippen LogP contribution in [-0.4, -0.2) is 19.9 Å². The molecule has 0 aliphatic heterocycles. The Morgan fingerprint density at radius 3 is 1.50 bits per heavy atom. The van der Waals surface area contributed by atoms with Crippen molar-refractivity contribution in [2.45, 2.75) is 13.3 Å². The molecule has 3 aromatic heterocycles. The van der Waals surface area contributed by atoms with Crippen molar-refractivity contribution in [1.82, 2.24) is 19.9 Å². The summed E-state index contributed by atoms with van der Waals surface area (Å²) in [6.07, 6.45) is 0.850. The van der Waals surface area contributed by atoms with Crippen molar-refractivity contribution in [2.24, 2.45) is 0 Å². The Labute approximate surface area is 303 Å². The van der Waals surface area contributed by atoms with Gasteiger partial charge in [0, 0.05) is 38.7 Å². The van der Waals surface area contributed by atoms with E-state index in [4.69, 9.17) is 19.9 Å². The maximum Gasteiger partial charge on any atom is 0.160 e. The first-order valence-electron chi connectivity index (χ1n) is 17.7. The van der Waals surface area contributed by atoms with Crippen LogP contribution in [0.4, 0.5) is 0 Å². The van der Waals surface area contributed by atoms with Crippen molar-refractivity contribution in [3.05, 3.63) is 182 Å². The minimum Gasteiger partial charge on any atom is -0.251 e. The molecule has 0 spiro atoms. The van der Waals surface area contributed by atoms with E-state index in [1.807, 2.05) is 24.3 Å². The van der Waals surface area contributed by atoms with E-state index in [1.54, 1.807) is 0 Å². The number of nitrogens with zero attached hydrogens (tertiary/aromatic N) is 4. The quantitative estimate of drug-likeness (QED) is 0.159. The summed E-state index contributed by atoms with van der Waals surface area (Å²) in [5.74, 6) is 0.692. The molecule has 0 fully saturated rings. The number of hydrogen-bond donors (Lipinski definition) is 0. The van der Waals surface area contributed by atoms with Crippen LogP contribution in [0, 0.1) is 0 Å². The van der Waals surface area contributed by atoms with Gasteiger partial charge in [-0.1, -0.05) is 165 Å². The van der Waals surface area contributed by atoms with E-state index in [-0.39, 0.29) is 0 Å². The zero-order valence-corrected chi connectivity index (χ0v) is 28.7. The van der Waals surface area contributed by atoms with Gasteiger partial charge in [0.05, 0.1) is 28.1 Å². The van der Waals surface area contributed by atoms with Crippen molar-refractivity contribution in [1.29, 1.82) is 0 Å². The predicted molar refractivity (Wildman–Crippen MR) is 215 cm³/mol. The van der Waals surface area contributed by atoms with E-state index in [9.17, 15) is 0 Å². The van der Waals surface area contributed by atoms with Crippen LogP contribution in [-0.2, 0) is 6.42 Å². The smallest absolute Gasteiger partial charge is 0.160 e. The van der Waals surface area contributed by atoms with Crippen molar-refractivity contribution in [3.63, 3.8) is 0 Å². The third-order valence-electron chi connectivity index (χ3n) is 9.66. The average Bonchev–Trinajstić information content (AvgIpc) is 3.24. The number of hydrogen-bond acceptors (Lipinski definition) is 4. The SMILES string of the molecule is CCc1cc(-c2ccccc2)c2ccc3ccc(-c4ccc(-c5cc(-c6ccccc6)nc(-c6ccc(-c7ccccc7)cc6)n5)cc4)nc3c2n1. The van der Waals surface area contributed by atoms with Gasteiger partial charge >= 0.3 is 0 Å². The Hall–Kier alpha value is -6.78.